The van der Waals surface area contributed by atoms with Crippen molar-refractivity contribution in [3.8, 4) is 5.75 Å². The van der Waals surface area contributed by atoms with Gasteiger partial charge in [-0.3, -0.25) is 14.5 Å². The minimum absolute atomic E-state index is 0.334. The third-order valence-corrected chi connectivity index (χ3v) is 3.84. The normalized spacial score (nSPS) is 11.9. The summed E-state index contributed by atoms with van der Waals surface area (Å²) < 4.78 is 5.71. The van der Waals surface area contributed by atoms with E-state index in [2.05, 4.69) is 0 Å². The Balaban J connectivity index is 2.01. The molecule has 0 saturated carbocycles. The maximum Gasteiger partial charge on any atom is 0.317 e. The lowest BCUT2D eigenvalue weighted by Crippen LogP contribution is -2.36. The van der Waals surface area contributed by atoms with Gasteiger partial charge in [-0.05, 0) is 30.2 Å². The Bertz CT molecular complexity index is 684. The van der Waals surface area contributed by atoms with E-state index in [0.29, 0.717) is 12.4 Å². The van der Waals surface area contributed by atoms with Crippen LogP contribution in [0.2, 0.25) is 0 Å². The minimum atomic E-state index is -1.06. The summed E-state index contributed by atoms with van der Waals surface area (Å²) >= 11 is 0. The largest absolute Gasteiger partial charge is 0.489 e. The predicted octanol–water partition coefficient (Wildman–Crippen LogP) is 2.80. The number of ether oxygens (including phenoxy) is 1. The third-order valence-electron chi connectivity index (χ3n) is 3.84. The Morgan fingerprint density at radius 3 is 2.04 bits per heavy atom. The number of carbonyl (C=O) groups is 2. The van der Waals surface area contributed by atoms with E-state index < -0.39 is 11.9 Å². The molecule has 0 aliphatic heterocycles. The van der Waals surface area contributed by atoms with E-state index in [-0.39, 0.29) is 19.1 Å². The molecule has 2 rings (SSSR count). The monoisotopic (exact) mass is 343 g/mol. The van der Waals surface area contributed by atoms with Crippen molar-refractivity contribution in [3.05, 3.63) is 65.7 Å². The summed E-state index contributed by atoms with van der Waals surface area (Å²) in [5.74, 6) is -1.42. The lowest BCUT2D eigenvalue weighted by Gasteiger charge is -2.26. The van der Waals surface area contributed by atoms with Crippen molar-refractivity contribution in [2.45, 2.75) is 19.6 Å². The van der Waals surface area contributed by atoms with Gasteiger partial charge in [-0.1, -0.05) is 42.5 Å². The van der Waals surface area contributed by atoms with Crippen LogP contribution < -0.4 is 4.74 Å². The molecule has 0 aliphatic rings. The second-order valence-electron chi connectivity index (χ2n) is 5.71. The highest BCUT2D eigenvalue weighted by molar-refractivity contribution is 5.72. The van der Waals surface area contributed by atoms with Gasteiger partial charge in [0.2, 0.25) is 0 Å². The summed E-state index contributed by atoms with van der Waals surface area (Å²) in [6, 6.07) is 16.7. The van der Waals surface area contributed by atoms with Crippen molar-refractivity contribution in [1.29, 1.82) is 0 Å². The number of carboxylic acids is 2. The highest BCUT2D eigenvalue weighted by Crippen LogP contribution is 2.23. The zero-order chi connectivity index (χ0) is 18.2. The molecule has 6 nitrogen and oxygen atoms in total. The number of benzene rings is 2. The quantitative estimate of drug-likeness (QED) is 0.728. The van der Waals surface area contributed by atoms with Crippen LogP contribution in [0.5, 0.6) is 5.75 Å². The van der Waals surface area contributed by atoms with Crippen molar-refractivity contribution < 1.29 is 24.5 Å². The van der Waals surface area contributed by atoms with E-state index in [1.54, 1.807) is 19.1 Å². The van der Waals surface area contributed by atoms with Crippen LogP contribution in [0.15, 0.2) is 54.6 Å². The Morgan fingerprint density at radius 2 is 1.52 bits per heavy atom. The van der Waals surface area contributed by atoms with Crippen LogP contribution in [-0.2, 0) is 16.2 Å². The first-order valence-corrected chi connectivity index (χ1v) is 7.90. The fourth-order valence-corrected chi connectivity index (χ4v) is 2.47. The van der Waals surface area contributed by atoms with E-state index in [1.165, 1.54) is 4.90 Å². The van der Waals surface area contributed by atoms with Crippen LogP contribution in [-0.4, -0.2) is 40.1 Å². The standard InChI is InChI=1S/C19H21NO5/c1-14(20(11-18(21)22)12-19(23)24)16-7-9-17(10-8-16)25-13-15-5-3-2-4-6-15/h2-10,14H,11-13H2,1H3,(H,21,22)(H,23,24). The summed E-state index contributed by atoms with van der Waals surface area (Å²) in [6.45, 7) is 1.57. The molecule has 0 fully saturated rings. The SMILES string of the molecule is CC(c1ccc(OCc2ccccc2)cc1)N(CC(=O)O)CC(=O)O. The van der Waals surface area contributed by atoms with Gasteiger partial charge < -0.3 is 14.9 Å². The molecule has 1 unspecified atom stereocenters. The van der Waals surface area contributed by atoms with Gasteiger partial charge in [-0.25, -0.2) is 0 Å². The van der Waals surface area contributed by atoms with Gasteiger partial charge in [0, 0.05) is 6.04 Å². The molecule has 0 spiro atoms. The summed E-state index contributed by atoms with van der Waals surface area (Å²) in [4.78, 5) is 23.3. The zero-order valence-corrected chi connectivity index (χ0v) is 14.0. The summed E-state index contributed by atoms with van der Waals surface area (Å²) in [7, 11) is 0. The number of carboxylic acid groups (broad SMARTS) is 2. The van der Waals surface area contributed by atoms with E-state index in [4.69, 9.17) is 14.9 Å². The Hall–Kier alpha value is -2.86. The lowest BCUT2D eigenvalue weighted by molar-refractivity contribution is -0.142. The molecule has 2 aromatic rings. The van der Waals surface area contributed by atoms with E-state index in [9.17, 15) is 9.59 Å². The topological polar surface area (TPSA) is 87.1 Å². The number of rotatable bonds is 9. The van der Waals surface area contributed by atoms with Crippen LogP contribution in [0.4, 0.5) is 0 Å². The Kier molecular flexibility index (Phi) is 6.54. The minimum Gasteiger partial charge on any atom is -0.489 e. The number of aliphatic carboxylic acids is 2. The van der Waals surface area contributed by atoms with Crippen molar-refractivity contribution in [3.63, 3.8) is 0 Å². The van der Waals surface area contributed by atoms with Gasteiger partial charge in [0.1, 0.15) is 12.4 Å². The van der Waals surface area contributed by atoms with Crippen LogP contribution in [0, 0.1) is 0 Å². The van der Waals surface area contributed by atoms with Gasteiger partial charge in [0.15, 0.2) is 0 Å². The number of nitrogens with zero attached hydrogens (tertiary/aromatic N) is 1. The molecule has 0 amide bonds. The molecule has 2 N–H and O–H groups in total. The summed E-state index contributed by atoms with van der Waals surface area (Å²) in [5.41, 5.74) is 1.89. The van der Waals surface area contributed by atoms with Gasteiger partial charge in [-0.2, -0.15) is 0 Å². The molecular formula is C19H21NO5. The van der Waals surface area contributed by atoms with Crippen LogP contribution in [0.25, 0.3) is 0 Å². The molecule has 0 bridgehead atoms. The second-order valence-corrected chi connectivity index (χ2v) is 5.71. The third kappa shape index (κ3) is 5.93. The maximum absolute atomic E-state index is 10.9. The van der Waals surface area contributed by atoms with E-state index >= 15 is 0 Å². The molecule has 6 heteroatoms. The predicted molar refractivity (Wildman–Crippen MR) is 92.5 cm³/mol. The summed E-state index contributed by atoms with van der Waals surface area (Å²) in [5, 5.41) is 17.9. The molecule has 2 aromatic carbocycles. The average Bonchev–Trinajstić information content (AvgIpc) is 2.59. The molecule has 132 valence electrons. The van der Waals surface area contributed by atoms with Gasteiger partial charge in [0.25, 0.3) is 0 Å². The van der Waals surface area contributed by atoms with E-state index in [1.807, 2.05) is 42.5 Å². The molecule has 0 radical (unpaired) electrons. The van der Waals surface area contributed by atoms with Crippen molar-refractivity contribution in [2.24, 2.45) is 0 Å². The molecule has 25 heavy (non-hydrogen) atoms. The smallest absolute Gasteiger partial charge is 0.317 e. The highest BCUT2D eigenvalue weighted by atomic mass is 16.5. The molecule has 0 aromatic heterocycles. The molecule has 0 heterocycles. The van der Waals surface area contributed by atoms with E-state index in [0.717, 1.165) is 11.1 Å². The Morgan fingerprint density at radius 1 is 0.960 bits per heavy atom. The number of hydrogen-bond donors (Lipinski definition) is 2. The van der Waals surface area contributed by atoms with Crippen molar-refractivity contribution >= 4 is 11.9 Å². The molecular weight excluding hydrogens is 322 g/mol. The molecule has 1 atom stereocenters. The Labute approximate surface area is 146 Å². The average molecular weight is 343 g/mol. The first-order valence-electron chi connectivity index (χ1n) is 7.90. The highest BCUT2D eigenvalue weighted by Gasteiger charge is 2.21. The van der Waals surface area contributed by atoms with Gasteiger partial charge >= 0.3 is 11.9 Å². The summed E-state index contributed by atoms with van der Waals surface area (Å²) in [6.07, 6.45) is 0. The van der Waals surface area contributed by atoms with Gasteiger partial charge in [-0.15, -0.1) is 0 Å². The number of hydrogen-bond acceptors (Lipinski definition) is 4. The second kappa shape index (κ2) is 8.84. The molecule has 0 saturated heterocycles. The maximum atomic E-state index is 10.9. The first-order chi connectivity index (χ1) is 12.0. The van der Waals surface area contributed by atoms with Crippen LogP contribution in [0.3, 0.4) is 0 Å². The lowest BCUT2D eigenvalue weighted by atomic mass is 10.1. The first kappa shape index (κ1) is 18.5. The fourth-order valence-electron chi connectivity index (χ4n) is 2.47. The fraction of sp³-hybridized carbons (Fsp3) is 0.263. The van der Waals surface area contributed by atoms with Crippen LogP contribution in [0.1, 0.15) is 24.1 Å². The van der Waals surface area contributed by atoms with Gasteiger partial charge in [0.05, 0.1) is 13.1 Å². The van der Waals surface area contributed by atoms with Crippen molar-refractivity contribution in [2.75, 3.05) is 13.1 Å². The molecule has 0 aliphatic carbocycles. The van der Waals surface area contributed by atoms with Crippen LogP contribution >= 0.6 is 0 Å². The zero-order valence-electron chi connectivity index (χ0n) is 14.0. The van der Waals surface area contributed by atoms with Crippen molar-refractivity contribution in [1.82, 2.24) is 4.90 Å².